The van der Waals surface area contributed by atoms with Crippen molar-refractivity contribution >= 4 is 23.0 Å². The van der Waals surface area contributed by atoms with Crippen molar-refractivity contribution in [2.75, 3.05) is 4.90 Å². The van der Waals surface area contributed by atoms with E-state index in [0.29, 0.717) is 5.11 Å². The molecule has 5 rings (SSSR count). The number of pyridine rings is 1. The molecule has 5 nitrogen and oxygen atoms in total. The molecule has 2 atom stereocenters. The Bertz CT molecular complexity index is 1180. The molecule has 4 aromatic rings. The summed E-state index contributed by atoms with van der Waals surface area (Å²) in [6.07, 6.45) is 1.79. The van der Waals surface area contributed by atoms with E-state index in [1.165, 1.54) is 0 Å². The number of thiocarbonyl (C=S) groups is 1. The monoisotopic (exact) mass is 427 g/mol. The molecule has 0 radical (unpaired) electrons. The third-order valence-electron chi connectivity index (χ3n) is 5.24. The number of aromatic nitrogens is 1. The summed E-state index contributed by atoms with van der Waals surface area (Å²) in [6, 6.07) is 27.2. The minimum absolute atomic E-state index is 0.125. The molecule has 0 unspecified atom stereocenters. The number of nitrogens with zero attached hydrogens (tertiary/aromatic N) is 2. The third-order valence-corrected chi connectivity index (χ3v) is 5.56. The van der Waals surface area contributed by atoms with E-state index in [0.717, 1.165) is 34.4 Å². The quantitative estimate of drug-likeness (QED) is 0.397. The molecule has 0 spiro atoms. The largest absolute Gasteiger partial charge is 0.464 e. The number of rotatable bonds is 5. The van der Waals surface area contributed by atoms with E-state index in [4.69, 9.17) is 21.4 Å². The first-order valence-corrected chi connectivity index (χ1v) is 10.5. The zero-order chi connectivity index (χ0) is 21.2. The van der Waals surface area contributed by atoms with E-state index >= 15 is 0 Å². The summed E-state index contributed by atoms with van der Waals surface area (Å²) in [4.78, 5) is 6.64. The number of hydrogen-bond donors (Lipinski definition) is 1. The number of para-hydroxylation sites is 1. The number of furan rings is 1. The van der Waals surface area contributed by atoms with Crippen LogP contribution in [-0.4, -0.2) is 10.1 Å². The standard InChI is InChI=1S/C25H21N3O2S/c1-17-10-15-22(29-17)24-23(21-9-5-6-16-26-21)27-25(31)28(24)18-11-13-20(14-12-18)30-19-7-3-2-4-8-19/h2-16,23-24H,1H3,(H,27,31)/t23-,24-/m1/s1. The Hall–Kier alpha value is -3.64. The van der Waals surface area contributed by atoms with E-state index in [1.807, 2.05) is 91.9 Å². The van der Waals surface area contributed by atoms with Gasteiger partial charge in [-0.2, -0.15) is 0 Å². The molecule has 0 saturated carbocycles. The smallest absolute Gasteiger partial charge is 0.174 e. The van der Waals surface area contributed by atoms with Crippen molar-refractivity contribution in [2.24, 2.45) is 0 Å². The van der Waals surface area contributed by atoms with Crippen LogP contribution in [0.1, 0.15) is 29.3 Å². The Morgan fingerprint density at radius 1 is 0.903 bits per heavy atom. The van der Waals surface area contributed by atoms with Gasteiger partial charge in [-0.05, 0) is 79.8 Å². The fraction of sp³-hybridized carbons (Fsp3) is 0.120. The number of nitrogens with one attached hydrogen (secondary N) is 1. The molecule has 0 aliphatic carbocycles. The number of anilines is 1. The van der Waals surface area contributed by atoms with Gasteiger partial charge in [-0.1, -0.05) is 24.3 Å². The van der Waals surface area contributed by atoms with Crippen LogP contribution in [0.5, 0.6) is 11.5 Å². The Morgan fingerprint density at radius 2 is 1.65 bits per heavy atom. The lowest BCUT2D eigenvalue weighted by molar-refractivity contribution is 0.418. The van der Waals surface area contributed by atoms with Gasteiger partial charge in [0.25, 0.3) is 0 Å². The van der Waals surface area contributed by atoms with Gasteiger partial charge in [-0.3, -0.25) is 4.98 Å². The molecule has 2 aromatic heterocycles. The molecule has 0 amide bonds. The molecular weight excluding hydrogens is 406 g/mol. The molecule has 1 fully saturated rings. The molecule has 3 heterocycles. The second-order valence-electron chi connectivity index (χ2n) is 7.35. The van der Waals surface area contributed by atoms with Gasteiger partial charge in [0, 0.05) is 11.9 Å². The summed E-state index contributed by atoms with van der Waals surface area (Å²) >= 11 is 5.74. The second-order valence-corrected chi connectivity index (χ2v) is 7.74. The van der Waals surface area contributed by atoms with Crippen LogP contribution in [-0.2, 0) is 0 Å². The van der Waals surface area contributed by atoms with Crippen molar-refractivity contribution in [3.8, 4) is 11.5 Å². The second kappa shape index (κ2) is 8.24. The summed E-state index contributed by atoms with van der Waals surface area (Å²) in [7, 11) is 0. The van der Waals surface area contributed by atoms with Gasteiger partial charge in [0.1, 0.15) is 29.1 Å². The predicted octanol–water partition coefficient (Wildman–Crippen LogP) is 5.95. The van der Waals surface area contributed by atoms with E-state index in [9.17, 15) is 0 Å². The molecule has 1 aliphatic heterocycles. The van der Waals surface area contributed by atoms with E-state index < -0.39 is 0 Å². The van der Waals surface area contributed by atoms with Crippen LogP contribution in [0.15, 0.2) is 95.5 Å². The van der Waals surface area contributed by atoms with E-state index in [-0.39, 0.29) is 12.1 Å². The summed E-state index contributed by atoms with van der Waals surface area (Å²) < 4.78 is 12.0. The molecule has 1 aliphatic rings. The zero-order valence-corrected chi connectivity index (χ0v) is 17.8. The Kier molecular flexibility index (Phi) is 5.14. The van der Waals surface area contributed by atoms with Gasteiger partial charge >= 0.3 is 0 Å². The third kappa shape index (κ3) is 3.90. The van der Waals surface area contributed by atoms with Gasteiger partial charge in [0.15, 0.2) is 5.11 Å². The highest BCUT2D eigenvalue weighted by Gasteiger charge is 2.42. The van der Waals surface area contributed by atoms with Crippen molar-refractivity contribution in [2.45, 2.75) is 19.0 Å². The van der Waals surface area contributed by atoms with Crippen molar-refractivity contribution < 1.29 is 9.15 Å². The summed E-state index contributed by atoms with van der Waals surface area (Å²) in [6.45, 7) is 1.94. The maximum absolute atomic E-state index is 6.03. The fourth-order valence-electron chi connectivity index (χ4n) is 3.83. The average Bonchev–Trinajstić information content (AvgIpc) is 3.38. The van der Waals surface area contributed by atoms with Gasteiger partial charge in [0.2, 0.25) is 0 Å². The molecular formula is C25H21N3O2S. The molecule has 1 N–H and O–H groups in total. The number of hydrogen-bond acceptors (Lipinski definition) is 4. The molecule has 31 heavy (non-hydrogen) atoms. The van der Waals surface area contributed by atoms with Gasteiger partial charge in [-0.15, -0.1) is 0 Å². The highest BCUT2D eigenvalue weighted by molar-refractivity contribution is 7.80. The van der Waals surface area contributed by atoms with Gasteiger partial charge in [0.05, 0.1) is 11.7 Å². The Labute approximate surface area is 186 Å². The lowest BCUT2D eigenvalue weighted by atomic mass is 10.0. The first-order chi connectivity index (χ1) is 15.2. The van der Waals surface area contributed by atoms with Crippen LogP contribution in [0.3, 0.4) is 0 Å². The van der Waals surface area contributed by atoms with Crippen LogP contribution in [0, 0.1) is 6.92 Å². The Balaban J connectivity index is 1.48. The predicted molar refractivity (Wildman–Crippen MR) is 124 cm³/mol. The molecule has 2 aromatic carbocycles. The topological polar surface area (TPSA) is 50.5 Å². The van der Waals surface area contributed by atoms with Crippen LogP contribution >= 0.6 is 12.2 Å². The van der Waals surface area contributed by atoms with Gasteiger partial charge < -0.3 is 19.4 Å². The maximum Gasteiger partial charge on any atom is 0.174 e. The van der Waals surface area contributed by atoms with Crippen LogP contribution < -0.4 is 15.0 Å². The molecule has 0 bridgehead atoms. The van der Waals surface area contributed by atoms with Crippen molar-refractivity contribution in [1.82, 2.24) is 10.3 Å². The minimum atomic E-state index is -0.156. The van der Waals surface area contributed by atoms with Crippen LogP contribution in [0.25, 0.3) is 0 Å². The highest BCUT2D eigenvalue weighted by Crippen LogP contribution is 2.42. The maximum atomic E-state index is 6.03. The summed E-state index contributed by atoms with van der Waals surface area (Å²) in [5.41, 5.74) is 1.87. The van der Waals surface area contributed by atoms with Crippen molar-refractivity contribution in [3.63, 3.8) is 0 Å². The normalized spacial score (nSPS) is 18.1. The Morgan fingerprint density at radius 3 is 2.32 bits per heavy atom. The number of aryl methyl sites for hydroxylation is 1. The summed E-state index contributed by atoms with van der Waals surface area (Å²) in [5.74, 6) is 3.26. The minimum Gasteiger partial charge on any atom is -0.464 e. The lowest BCUT2D eigenvalue weighted by Gasteiger charge is -2.26. The molecule has 154 valence electrons. The summed E-state index contributed by atoms with van der Waals surface area (Å²) in [5, 5.41) is 4.07. The van der Waals surface area contributed by atoms with Gasteiger partial charge in [-0.25, -0.2) is 0 Å². The lowest BCUT2D eigenvalue weighted by Crippen LogP contribution is -2.29. The number of benzene rings is 2. The number of ether oxygens (including phenoxy) is 1. The SMILES string of the molecule is Cc1ccc([C@@H]2[C@@H](c3ccccn3)NC(=S)N2c2ccc(Oc3ccccc3)cc2)o1. The highest BCUT2D eigenvalue weighted by atomic mass is 32.1. The zero-order valence-electron chi connectivity index (χ0n) is 16.9. The van der Waals surface area contributed by atoms with E-state index in [2.05, 4.69) is 15.2 Å². The molecule has 1 saturated heterocycles. The van der Waals surface area contributed by atoms with Crippen molar-refractivity contribution in [3.05, 3.63) is 108 Å². The first kappa shape index (κ1) is 19.3. The molecule has 6 heteroatoms. The van der Waals surface area contributed by atoms with Crippen molar-refractivity contribution in [1.29, 1.82) is 0 Å². The van der Waals surface area contributed by atoms with E-state index in [1.54, 1.807) is 6.20 Å². The first-order valence-electron chi connectivity index (χ1n) is 10.1. The average molecular weight is 428 g/mol. The van der Waals surface area contributed by atoms with Crippen LogP contribution in [0.2, 0.25) is 0 Å². The fourth-order valence-corrected chi connectivity index (χ4v) is 4.18. The van der Waals surface area contributed by atoms with Crippen LogP contribution in [0.4, 0.5) is 5.69 Å².